The fourth-order valence-corrected chi connectivity index (χ4v) is 2.92. The second-order valence-corrected chi connectivity index (χ2v) is 5.19. The van der Waals surface area contributed by atoms with Crippen LogP contribution in [0.25, 0.3) is 0 Å². The Morgan fingerprint density at radius 1 is 0.895 bits per heavy atom. The van der Waals surface area contributed by atoms with Crippen LogP contribution in [0.15, 0.2) is 24.3 Å². The average molecular weight is 258 g/mol. The monoisotopic (exact) mass is 258 g/mol. The van der Waals surface area contributed by atoms with Gasteiger partial charge in [0.2, 0.25) is 0 Å². The van der Waals surface area contributed by atoms with E-state index in [4.69, 9.17) is 0 Å². The lowest BCUT2D eigenvalue weighted by atomic mass is 10.0. The number of benzene rings is 1. The van der Waals surface area contributed by atoms with Gasteiger partial charge in [0.25, 0.3) is 0 Å². The molecule has 0 radical (unpaired) electrons. The molecule has 0 saturated carbocycles. The molecule has 1 aromatic rings. The summed E-state index contributed by atoms with van der Waals surface area (Å²) in [4.78, 5) is 27.9. The number of amides is 2. The number of likely N-dealkylation sites (tertiary alicyclic amines) is 1. The van der Waals surface area contributed by atoms with Crippen LogP contribution in [-0.2, 0) is 16.0 Å². The smallest absolute Gasteiger partial charge is 0.316 e. The van der Waals surface area contributed by atoms with Crippen LogP contribution in [0.2, 0.25) is 0 Å². The molecule has 0 aliphatic carbocycles. The van der Waals surface area contributed by atoms with Gasteiger partial charge in [-0.3, -0.25) is 9.59 Å². The first-order valence-corrected chi connectivity index (χ1v) is 6.96. The van der Waals surface area contributed by atoms with E-state index >= 15 is 0 Å². The Morgan fingerprint density at radius 2 is 1.63 bits per heavy atom. The maximum atomic E-state index is 12.4. The molecule has 4 nitrogen and oxygen atoms in total. The molecule has 0 bridgehead atoms. The highest BCUT2D eigenvalue weighted by atomic mass is 16.2. The minimum absolute atomic E-state index is 0.339. The van der Waals surface area contributed by atoms with Crippen molar-refractivity contribution in [1.82, 2.24) is 4.90 Å². The number of hydrogen-bond donors (Lipinski definition) is 0. The minimum Gasteiger partial charge on any atom is -0.334 e. The van der Waals surface area contributed by atoms with Gasteiger partial charge < -0.3 is 9.80 Å². The molecule has 4 heteroatoms. The van der Waals surface area contributed by atoms with E-state index in [1.165, 1.54) is 0 Å². The van der Waals surface area contributed by atoms with Gasteiger partial charge in [-0.25, -0.2) is 0 Å². The first-order valence-electron chi connectivity index (χ1n) is 6.96. The van der Waals surface area contributed by atoms with Crippen molar-refractivity contribution in [2.24, 2.45) is 0 Å². The lowest BCUT2D eigenvalue weighted by Crippen LogP contribution is -2.46. The molecule has 2 aliphatic rings. The molecule has 100 valence electrons. The van der Waals surface area contributed by atoms with E-state index in [1.807, 2.05) is 24.3 Å². The molecule has 0 unspecified atom stereocenters. The summed E-state index contributed by atoms with van der Waals surface area (Å²) in [6.07, 6.45) is 3.93. The van der Waals surface area contributed by atoms with Gasteiger partial charge in [0.15, 0.2) is 0 Å². The maximum absolute atomic E-state index is 12.4. The van der Waals surface area contributed by atoms with E-state index in [-0.39, 0.29) is 11.8 Å². The number of fused-ring (bicyclic) bond motifs is 1. The van der Waals surface area contributed by atoms with Crippen LogP contribution in [0.1, 0.15) is 24.8 Å². The fraction of sp³-hybridized carbons (Fsp3) is 0.467. The molecule has 3 rings (SSSR count). The predicted molar refractivity (Wildman–Crippen MR) is 72.9 cm³/mol. The van der Waals surface area contributed by atoms with Crippen LogP contribution in [0, 0.1) is 0 Å². The third-order valence-corrected chi connectivity index (χ3v) is 3.93. The van der Waals surface area contributed by atoms with Gasteiger partial charge in [0, 0.05) is 25.3 Å². The van der Waals surface area contributed by atoms with Crippen molar-refractivity contribution in [2.75, 3.05) is 24.5 Å². The highest BCUT2D eigenvalue weighted by Crippen LogP contribution is 2.27. The van der Waals surface area contributed by atoms with Gasteiger partial charge in [0.1, 0.15) is 0 Å². The minimum atomic E-state index is -0.367. The molecule has 1 saturated heterocycles. The molecular weight excluding hydrogens is 240 g/mol. The largest absolute Gasteiger partial charge is 0.334 e. The Balaban J connectivity index is 1.82. The summed E-state index contributed by atoms with van der Waals surface area (Å²) in [5, 5.41) is 0. The van der Waals surface area contributed by atoms with Crippen LogP contribution in [0.5, 0.6) is 0 Å². The maximum Gasteiger partial charge on any atom is 0.316 e. The first kappa shape index (κ1) is 12.2. The van der Waals surface area contributed by atoms with Crippen molar-refractivity contribution in [3.05, 3.63) is 29.8 Å². The summed E-state index contributed by atoms with van der Waals surface area (Å²) < 4.78 is 0. The predicted octanol–water partition coefficient (Wildman–Crippen LogP) is 1.59. The number of aryl methyl sites for hydroxylation is 1. The highest BCUT2D eigenvalue weighted by Gasteiger charge is 2.31. The Hall–Kier alpha value is -1.84. The molecule has 0 atom stereocenters. The molecule has 2 heterocycles. The van der Waals surface area contributed by atoms with Crippen molar-refractivity contribution in [1.29, 1.82) is 0 Å². The molecule has 2 aliphatic heterocycles. The van der Waals surface area contributed by atoms with Crippen LogP contribution in [0.3, 0.4) is 0 Å². The molecule has 0 N–H and O–H groups in total. The third-order valence-electron chi connectivity index (χ3n) is 3.93. The summed E-state index contributed by atoms with van der Waals surface area (Å²) in [5.41, 5.74) is 2.07. The quantitative estimate of drug-likeness (QED) is 0.663. The van der Waals surface area contributed by atoms with E-state index in [0.29, 0.717) is 6.54 Å². The van der Waals surface area contributed by atoms with E-state index < -0.39 is 0 Å². The molecule has 1 fully saturated rings. The Bertz CT molecular complexity index is 507. The number of rotatable bonds is 0. The lowest BCUT2D eigenvalue weighted by Gasteiger charge is -2.30. The average Bonchev–Trinajstić information content (AvgIpc) is 2.99. The topological polar surface area (TPSA) is 40.6 Å². The SMILES string of the molecule is O=C(C(=O)N1CCCc2ccccc21)N1CCCC1. The zero-order valence-corrected chi connectivity index (χ0v) is 11.0. The number of hydrogen-bond acceptors (Lipinski definition) is 2. The summed E-state index contributed by atoms with van der Waals surface area (Å²) in [6.45, 7) is 2.09. The second-order valence-electron chi connectivity index (χ2n) is 5.19. The molecular formula is C15H18N2O2. The Kier molecular flexibility index (Phi) is 3.23. The van der Waals surface area contributed by atoms with Crippen molar-refractivity contribution in [3.8, 4) is 0 Å². The summed E-state index contributed by atoms with van der Waals surface area (Å²) in [6, 6.07) is 7.87. The van der Waals surface area contributed by atoms with Crippen LogP contribution in [0.4, 0.5) is 5.69 Å². The standard InChI is InChI=1S/C15H18N2O2/c18-14(16-9-3-4-10-16)15(19)17-11-5-7-12-6-1-2-8-13(12)17/h1-2,6,8H,3-5,7,9-11H2. The zero-order chi connectivity index (χ0) is 13.2. The molecule has 0 aromatic heterocycles. The van der Waals surface area contributed by atoms with Gasteiger partial charge in [-0.05, 0) is 37.3 Å². The Morgan fingerprint density at radius 3 is 2.42 bits per heavy atom. The van der Waals surface area contributed by atoms with Crippen molar-refractivity contribution >= 4 is 17.5 Å². The normalized spacial score (nSPS) is 18.3. The number of anilines is 1. The summed E-state index contributed by atoms with van der Waals surface area (Å²) in [5.74, 6) is -0.705. The van der Waals surface area contributed by atoms with Gasteiger partial charge in [-0.2, -0.15) is 0 Å². The molecule has 1 aromatic carbocycles. The number of para-hydroxylation sites is 1. The van der Waals surface area contributed by atoms with Crippen LogP contribution < -0.4 is 4.90 Å². The lowest BCUT2D eigenvalue weighted by molar-refractivity contribution is -0.143. The number of carbonyl (C=O) groups is 2. The van der Waals surface area contributed by atoms with Gasteiger partial charge >= 0.3 is 11.8 Å². The highest BCUT2D eigenvalue weighted by molar-refractivity contribution is 6.40. The van der Waals surface area contributed by atoms with Gasteiger partial charge in [-0.15, -0.1) is 0 Å². The molecule has 19 heavy (non-hydrogen) atoms. The van der Waals surface area contributed by atoms with Crippen molar-refractivity contribution in [2.45, 2.75) is 25.7 Å². The third kappa shape index (κ3) is 2.23. The van der Waals surface area contributed by atoms with E-state index in [2.05, 4.69) is 0 Å². The van der Waals surface area contributed by atoms with E-state index in [0.717, 1.165) is 50.0 Å². The Labute approximate surface area is 113 Å². The second kappa shape index (κ2) is 5.03. The summed E-state index contributed by atoms with van der Waals surface area (Å²) in [7, 11) is 0. The van der Waals surface area contributed by atoms with Crippen LogP contribution in [-0.4, -0.2) is 36.3 Å². The first-order chi connectivity index (χ1) is 9.27. The van der Waals surface area contributed by atoms with Crippen molar-refractivity contribution in [3.63, 3.8) is 0 Å². The van der Waals surface area contributed by atoms with E-state index in [9.17, 15) is 9.59 Å². The molecule has 0 spiro atoms. The fourth-order valence-electron chi connectivity index (χ4n) is 2.92. The van der Waals surface area contributed by atoms with Gasteiger partial charge in [0.05, 0.1) is 0 Å². The zero-order valence-electron chi connectivity index (χ0n) is 11.0. The number of carbonyl (C=O) groups excluding carboxylic acids is 2. The summed E-state index contributed by atoms with van der Waals surface area (Å²) >= 11 is 0. The van der Waals surface area contributed by atoms with E-state index in [1.54, 1.807) is 9.80 Å². The molecule has 2 amide bonds. The van der Waals surface area contributed by atoms with Crippen molar-refractivity contribution < 1.29 is 9.59 Å². The van der Waals surface area contributed by atoms with Crippen LogP contribution >= 0.6 is 0 Å². The number of nitrogens with zero attached hydrogens (tertiary/aromatic N) is 2. The van der Waals surface area contributed by atoms with Gasteiger partial charge in [-0.1, -0.05) is 18.2 Å².